The molecule has 1 fully saturated rings. The lowest BCUT2D eigenvalue weighted by molar-refractivity contribution is 0.475. The van der Waals surface area contributed by atoms with Crippen molar-refractivity contribution >= 4 is 17.1 Å². The van der Waals surface area contributed by atoms with Gasteiger partial charge in [-0.05, 0) is 37.3 Å². The van der Waals surface area contributed by atoms with E-state index in [1.54, 1.807) is 6.07 Å². The fourth-order valence-corrected chi connectivity index (χ4v) is 3.05. The maximum Gasteiger partial charge on any atom is 0.139 e. The molecule has 2 aromatic carbocycles. The summed E-state index contributed by atoms with van der Waals surface area (Å²) in [4.78, 5) is 6.89. The molecule has 23 heavy (non-hydrogen) atoms. The van der Waals surface area contributed by atoms with E-state index in [0.717, 1.165) is 38.4 Å². The Hall–Kier alpha value is -2.36. The van der Waals surface area contributed by atoms with Crippen LogP contribution in [0.3, 0.4) is 0 Å². The van der Waals surface area contributed by atoms with Gasteiger partial charge in [0.15, 0.2) is 0 Å². The number of para-hydroxylation sites is 1. The molecule has 0 unspecified atom stereocenters. The van der Waals surface area contributed by atoms with Crippen LogP contribution in [0.25, 0.3) is 0 Å². The van der Waals surface area contributed by atoms with Crippen LogP contribution in [0.15, 0.2) is 48.5 Å². The first-order valence-corrected chi connectivity index (χ1v) is 8.28. The van der Waals surface area contributed by atoms with Gasteiger partial charge in [-0.3, -0.25) is 0 Å². The van der Waals surface area contributed by atoms with E-state index in [0.29, 0.717) is 5.75 Å². The molecule has 2 aromatic rings. The molecule has 0 saturated carbocycles. The van der Waals surface area contributed by atoms with E-state index in [-0.39, 0.29) is 0 Å². The van der Waals surface area contributed by atoms with Crippen molar-refractivity contribution in [2.24, 2.45) is 0 Å². The van der Waals surface area contributed by atoms with E-state index in [1.165, 1.54) is 11.4 Å². The maximum absolute atomic E-state index is 10.1. The molecule has 122 valence electrons. The average molecular weight is 311 g/mol. The number of phenolic OH excluding ortho intramolecular Hbond substituents is 1. The third kappa shape index (κ3) is 3.36. The Morgan fingerprint density at radius 3 is 2.13 bits per heavy atom. The molecule has 1 saturated heterocycles. The number of hydrogen-bond donors (Lipinski definition) is 1. The van der Waals surface area contributed by atoms with E-state index in [2.05, 4.69) is 58.0 Å². The first kappa shape index (κ1) is 15.5. The molecule has 0 bridgehead atoms. The van der Waals surface area contributed by atoms with Gasteiger partial charge in [0.25, 0.3) is 0 Å². The summed E-state index contributed by atoms with van der Waals surface area (Å²) in [6, 6.07) is 16.5. The lowest BCUT2D eigenvalue weighted by atomic mass is 10.2. The number of piperazine rings is 1. The summed E-state index contributed by atoms with van der Waals surface area (Å²) in [6.07, 6.45) is 0. The third-order valence-electron chi connectivity index (χ3n) is 4.61. The van der Waals surface area contributed by atoms with Gasteiger partial charge in [0.2, 0.25) is 0 Å². The minimum absolute atomic E-state index is 0.348. The highest BCUT2D eigenvalue weighted by Gasteiger charge is 2.18. The van der Waals surface area contributed by atoms with Crippen LogP contribution in [0.1, 0.15) is 6.92 Å². The first-order valence-electron chi connectivity index (χ1n) is 8.28. The summed E-state index contributed by atoms with van der Waals surface area (Å²) in [5, 5.41) is 10.1. The van der Waals surface area contributed by atoms with Crippen LogP contribution in [0, 0.1) is 0 Å². The molecule has 0 radical (unpaired) electrons. The first-order chi connectivity index (χ1) is 11.2. The maximum atomic E-state index is 10.1. The van der Waals surface area contributed by atoms with Crippen LogP contribution in [0.2, 0.25) is 0 Å². The van der Waals surface area contributed by atoms with E-state index >= 15 is 0 Å². The molecular weight excluding hydrogens is 286 g/mol. The SMILES string of the molecule is CCN(C)c1cc(N2CCN(c3ccccc3)CC2)ccc1O. The van der Waals surface area contributed by atoms with Gasteiger partial charge in [-0.1, -0.05) is 18.2 Å². The second-order valence-corrected chi connectivity index (χ2v) is 6.00. The number of anilines is 3. The topological polar surface area (TPSA) is 30.0 Å². The number of rotatable bonds is 4. The van der Waals surface area contributed by atoms with Gasteiger partial charge in [0, 0.05) is 51.1 Å². The summed E-state index contributed by atoms with van der Waals surface area (Å²) in [5.74, 6) is 0.348. The zero-order valence-electron chi connectivity index (χ0n) is 13.9. The zero-order valence-corrected chi connectivity index (χ0v) is 13.9. The van der Waals surface area contributed by atoms with Crippen LogP contribution in [-0.4, -0.2) is 44.9 Å². The smallest absolute Gasteiger partial charge is 0.139 e. The summed E-state index contributed by atoms with van der Waals surface area (Å²) in [6.45, 7) is 6.99. The zero-order chi connectivity index (χ0) is 16.2. The molecule has 0 spiro atoms. The van der Waals surface area contributed by atoms with Crippen molar-refractivity contribution < 1.29 is 5.11 Å². The van der Waals surface area contributed by atoms with Crippen LogP contribution in [0.5, 0.6) is 5.75 Å². The van der Waals surface area contributed by atoms with Crippen molar-refractivity contribution in [3.8, 4) is 5.75 Å². The molecule has 0 amide bonds. The molecule has 1 aliphatic rings. The van der Waals surface area contributed by atoms with Crippen molar-refractivity contribution in [2.45, 2.75) is 6.92 Å². The lowest BCUT2D eigenvalue weighted by Crippen LogP contribution is -2.46. The summed E-state index contributed by atoms with van der Waals surface area (Å²) < 4.78 is 0. The average Bonchev–Trinajstić information content (AvgIpc) is 2.62. The van der Waals surface area contributed by atoms with Crippen LogP contribution in [-0.2, 0) is 0 Å². The number of phenols is 1. The van der Waals surface area contributed by atoms with Crippen LogP contribution in [0.4, 0.5) is 17.1 Å². The van der Waals surface area contributed by atoms with Crippen molar-refractivity contribution in [2.75, 3.05) is 54.5 Å². The predicted molar refractivity (Wildman–Crippen MR) is 97.9 cm³/mol. The molecule has 1 aliphatic heterocycles. The Labute approximate surface area is 138 Å². The highest BCUT2D eigenvalue weighted by Crippen LogP contribution is 2.31. The van der Waals surface area contributed by atoms with Gasteiger partial charge >= 0.3 is 0 Å². The molecule has 4 heteroatoms. The fourth-order valence-electron chi connectivity index (χ4n) is 3.05. The van der Waals surface area contributed by atoms with Crippen molar-refractivity contribution in [3.05, 3.63) is 48.5 Å². The van der Waals surface area contributed by atoms with Crippen molar-refractivity contribution in [1.29, 1.82) is 0 Å². The summed E-state index contributed by atoms with van der Waals surface area (Å²) >= 11 is 0. The molecular formula is C19H25N3O. The standard InChI is InChI=1S/C19H25N3O/c1-3-20(2)18-15-17(9-10-19(18)23)22-13-11-21(12-14-22)16-7-5-4-6-8-16/h4-10,15,23H,3,11-14H2,1-2H3. The van der Waals surface area contributed by atoms with Gasteiger partial charge in [-0.25, -0.2) is 0 Å². The Bertz CT molecular complexity index is 636. The largest absolute Gasteiger partial charge is 0.506 e. The van der Waals surface area contributed by atoms with E-state index < -0.39 is 0 Å². The van der Waals surface area contributed by atoms with Gasteiger partial charge in [0.1, 0.15) is 5.75 Å². The summed E-state index contributed by atoms with van der Waals surface area (Å²) in [5.41, 5.74) is 3.38. The highest BCUT2D eigenvalue weighted by atomic mass is 16.3. The number of nitrogens with zero attached hydrogens (tertiary/aromatic N) is 3. The second kappa shape index (κ2) is 6.82. The van der Waals surface area contributed by atoms with Crippen LogP contribution < -0.4 is 14.7 Å². The highest BCUT2D eigenvalue weighted by molar-refractivity contribution is 5.66. The van der Waals surface area contributed by atoms with Crippen molar-refractivity contribution in [3.63, 3.8) is 0 Å². The number of aromatic hydroxyl groups is 1. The quantitative estimate of drug-likeness (QED) is 0.939. The van der Waals surface area contributed by atoms with E-state index in [4.69, 9.17) is 0 Å². The molecule has 0 atom stereocenters. The molecule has 4 nitrogen and oxygen atoms in total. The van der Waals surface area contributed by atoms with Gasteiger partial charge in [-0.15, -0.1) is 0 Å². The second-order valence-electron chi connectivity index (χ2n) is 6.00. The van der Waals surface area contributed by atoms with Crippen molar-refractivity contribution in [1.82, 2.24) is 0 Å². The predicted octanol–water partition coefficient (Wildman–Crippen LogP) is 3.17. The van der Waals surface area contributed by atoms with Crippen LogP contribution >= 0.6 is 0 Å². The molecule has 1 N–H and O–H groups in total. The van der Waals surface area contributed by atoms with Gasteiger partial charge in [0.05, 0.1) is 5.69 Å². The number of hydrogen-bond acceptors (Lipinski definition) is 4. The van der Waals surface area contributed by atoms with Gasteiger partial charge in [-0.2, -0.15) is 0 Å². The Morgan fingerprint density at radius 1 is 0.913 bits per heavy atom. The van der Waals surface area contributed by atoms with E-state index in [9.17, 15) is 5.11 Å². The fraction of sp³-hybridized carbons (Fsp3) is 0.368. The monoisotopic (exact) mass is 311 g/mol. The van der Waals surface area contributed by atoms with E-state index in [1.807, 2.05) is 13.1 Å². The molecule has 0 aromatic heterocycles. The lowest BCUT2D eigenvalue weighted by Gasteiger charge is -2.37. The third-order valence-corrected chi connectivity index (χ3v) is 4.61. The Kier molecular flexibility index (Phi) is 4.60. The Morgan fingerprint density at radius 2 is 1.52 bits per heavy atom. The minimum Gasteiger partial charge on any atom is -0.506 e. The molecule has 3 rings (SSSR count). The minimum atomic E-state index is 0.348. The summed E-state index contributed by atoms with van der Waals surface area (Å²) in [7, 11) is 2.01. The normalized spacial score (nSPS) is 14.9. The number of benzene rings is 2. The molecule has 0 aliphatic carbocycles. The van der Waals surface area contributed by atoms with Gasteiger partial charge < -0.3 is 19.8 Å². The Balaban J connectivity index is 1.70. The molecule has 1 heterocycles.